The van der Waals surface area contributed by atoms with Gasteiger partial charge in [0.15, 0.2) is 17.7 Å². The van der Waals surface area contributed by atoms with E-state index in [2.05, 4.69) is 10.1 Å². The number of rotatable bonds is 5. The third-order valence-electron chi connectivity index (χ3n) is 3.94. The third-order valence-corrected chi connectivity index (χ3v) is 4.50. The van der Waals surface area contributed by atoms with Gasteiger partial charge in [0.1, 0.15) is 5.75 Å². The second-order valence-corrected chi connectivity index (χ2v) is 7.10. The van der Waals surface area contributed by atoms with Crippen molar-refractivity contribution in [1.82, 2.24) is 19.7 Å². The van der Waals surface area contributed by atoms with E-state index in [-0.39, 0.29) is 39.2 Å². The van der Waals surface area contributed by atoms with Crippen LogP contribution in [-0.4, -0.2) is 26.0 Å². The fourth-order valence-electron chi connectivity index (χ4n) is 2.52. The fourth-order valence-corrected chi connectivity index (χ4v) is 3.07. The smallest absolute Gasteiger partial charge is 0.349 e. The number of aromatic nitrogens is 4. The molecular weight excluding hydrogens is 423 g/mol. The van der Waals surface area contributed by atoms with Crippen molar-refractivity contribution in [3.8, 4) is 17.2 Å². The van der Waals surface area contributed by atoms with Gasteiger partial charge >= 0.3 is 5.69 Å². The SMILES string of the molecule is CC(C)c1cc(Oc2c(Cl)cc(-n3nc(C=O)c(=O)[nH]c3=O)cc2Cl)c[nH]c1=O. The van der Waals surface area contributed by atoms with Crippen LogP contribution in [0.15, 0.2) is 38.8 Å². The van der Waals surface area contributed by atoms with Crippen LogP contribution in [0, 0.1) is 0 Å². The van der Waals surface area contributed by atoms with Crippen LogP contribution in [0.5, 0.6) is 11.5 Å². The largest absolute Gasteiger partial charge is 0.453 e. The Morgan fingerprint density at radius 1 is 1.10 bits per heavy atom. The minimum atomic E-state index is -0.905. The minimum Gasteiger partial charge on any atom is -0.453 e. The summed E-state index contributed by atoms with van der Waals surface area (Å²) < 4.78 is 6.50. The molecule has 29 heavy (non-hydrogen) atoms. The molecule has 9 nitrogen and oxygen atoms in total. The number of hydrogen-bond donors (Lipinski definition) is 2. The molecule has 2 aromatic heterocycles. The Morgan fingerprint density at radius 3 is 2.34 bits per heavy atom. The summed E-state index contributed by atoms with van der Waals surface area (Å²) in [4.78, 5) is 50.8. The molecule has 3 rings (SSSR count). The highest BCUT2D eigenvalue weighted by Crippen LogP contribution is 2.38. The number of aromatic amines is 2. The van der Waals surface area contributed by atoms with Crippen molar-refractivity contribution in [3.05, 3.63) is 76.9 Å². The number of H-pyrrole nitrogens is 2. The number of hydrogen-bond acceptors (Lipinski definition) is 6. The van der Waals surface area contributed by atoms with Crippen molar-refractivity contribution in [2.45, 2.75) is 19.8 Å². The van der Waals surface area contributed by atoms with Crippen LogP contribution < -0.4 is 21.5 Å². The number of ether oxygens (including phenoxy) is 1. The van der Waals surface area contributed by atoms with Crippen LogP contribution in [0.2, 0.25) is 10.0 Å². The van der Waals surface area contributed by atoms with Crippen molar-refractivity contribution >= 4 is 29.5 Å². The first-order valence-corrected chi connectivity index (χ1v) is 9.05. The molecule has 0 bridgehead atoms. The van der Waals surface area contributed by atoms with E-state index in [1.54, 1.807) is 6.07 Å². The van der Waals surface area contributed by atoms with Crippen LogP contribution in [0.4, 0.5) is 0 Å². The molecule has 1 aromatic carbocycles. The number of benzene rings is 1. The van der Waals surface area contributed by atoms with Crippen LogP contribution in [0.1, 0.15) is 35.8 Å². The first-order chi connectivity index (χ1) is 13.7. The molecule has 0 aliphatic heterocycles. The summed E-state index contributed by atoms with van der Waals surface area (Å²) in [6, 6.07) is 4.24. The summed E-state index contributed by atoms with van der Waals surface area (Å²) in [6.07, 6.45) is 1.59. The second kappa shape index (κ2) is 8.06. The predicted molar refractivity (Wildman–Crippen MR) is 107 cm³/mol. The first-order valence-electron chi connectivity index (χ1n) is 8.30. The van der Waals surface area contributed by atoms with Gasteiger partial charge in [-0.3, -0.25) is 19.4 Å². The molecule has 0 atom stereocenters. The summed E-state index contributed by atoms with van der Waals surface area (Å²) in [5, 5.41) is 3.77. The third kappa shape index (κ3) is 4.15. The Kier molecular flexibility index (Phi) is 5.71. The summed E-state index contributed by atoms with van der Waals surface area (Å²) in [5.74, 6) is 0.375. The van der Waals surface area contributed by atoms with Gasteiger partial charge in [-0.05, 0) is 24.1 Å². The van der Waals surface area contributed by atoms with Crippen molar-refractivity contribution < 1.29 is 9.53 Å². The number of nitrogens with one attached hydrogen (secondary N) is 2. The van der Waals surface area contributed by atoms with Gasteiger partial charge in [0.2, 0.25) is 0 Å². The molecule has 11 heteroatoms. The van der Waals surface area contributed by atoms with E-state index in [0.29, 0.717) is 11.3 Å². The zero-order valence-corrected chi connectivity index (χ0v) is 16.7. The maximum Gasteiger partial charge on any atom is 0.349 e. The molecule has 0 radical (unpaired) electrons. The van der Waals surface area contributed by atoms with E-state index in [0.717, 1.165) is 4.68 Å². The molecule has 0 unspecified atom stereocenters. The number of pyridine rings is 1. The molecule has 0 aliphatic rings. The first kappa shape index (κ1) is 20.6. The zero-order valence-electron chi connectivity index (χ0n) is 15.2. The molecule has 150 valence electrons. The number of carbonyl (C=O) groups is 1. The van der Waals surface area contributed by atoms with Gasteiger partial charge in [0, 0.05) is 11.8 Å². The molecular formula is C18H14Cl2N4O5. The highest BCUT2D eigenvalue weighted by Gasteiger charge is 2.16. The monoisotopic (exact) mass is 436 g/mol. The Morgan fingerprint density at radius 2 is 1.76 bits per heavy atom. The maximum absolute atomic E-state index is 12.0. The van der Waals surface area contributed by atoms with Gasteiger partial charge in [0.05, 0.1) is 15.7 Å². The second-order valence-electron chi connectivity index (χ2n) is 6.29. The molecule has 0 amide bonds. The molecule has 0 saturated carbocycles. The Balaban J connectivity index is 2.05. The Hall–Kier alpha value is -3.17. The van der Waals surface area contributed by atoms with Crippen molar-refractivity contribution in [2.24, 2.45) is 0 Å². The quantitative estimate of drug-likeness (QED) is 0.591. The maximum atomic E-state index is 12.0. The van der Waals surface area contributed by atoms with Crippen molar-refractivity contribution in [2.75, 3.05) is 0 Å². The fraction of sp³-hybridized carbons (Fsp3) is 0.167. The molecule has 2 heterocycles. The van der Waals surface area contributed by atoms with Gasteiger partial charge in [-0.1, -0.05) is 37.0 Å². The predicted octanol–water partition coefficient (Wildman–Crippen LogP) is 2.64. The van der Waals surface area contributed by atoms with E-state index in [1.807, 2.05) is 18.8 Å². The van der Waals surface area contributed by atoms with Gasteiger partial charge in [-0.2, -0.15) is 9.78 Å². The standard InChI is InChI=1S/C18H14Cl2N4O5/c1-8(2)11-5-10(6-21-16(11)26)29-15-12(19)3-9(4-13(15)20)24-18(28)22-17(27)14(7-25)23-24/h3-8H,1-2H3,(H,21,26)(H,22,27,28). The summed E-state index contributed by atoms with van der Waals surface area (Å²) >= 11 is 12.5. The average molecular weight is 437 g/mol. The van der Waals surface area contributed by atoms with Crippen LogP contribution in [0.25, 0.3) is 5.69 Å². The van der Waals surface area contributed by atoms with Crippen LogP contribution >= 0.6 is 23.2 Å². The van der Waals surface area contributed by atoms with E-state index in [4.69, 9.17) is 27.9 Å². The van der Waals surface area contributed by atoms with Gasteiger partial charge in [-0.25, -0.2) is 4.79 Å². The average Bonchev–Trinajstić information content (AvgIpc) is 2.65. The lowest BCUT2D eigenvalue weighted by Crippen LogP contribution is -2.33. The van der Waals surface area contributed by atoms with Crippen LogP contribution in [0.3, 0.4) is 0 Å². The summed E-state index contributed by atoms with van der Waals surface area (Å²) in [7, 11) is 0. The highest BCUT2D eigenvalue weighted by atomic mass is 35.5. The van der Waals surface area contributed by atoms with Gasteiger partial charge < -0.3 is 9.72 Å². The normalized spacial score (nSPS) is 10.9. The lowest BCUT2D eigenvalue weighted by molar-refractivity contribution is 0.111. The molecule has 2 N–H and O–H groups in total. The molecule has 0 fully saturated rings. The highest BCUT2D eigenvalue weighted by molar-refractivity contribution is 6.37. The Labute approximate surface area is 172 Å². The molecule has 0 spiro atoms. The molecule has 0 saturated heterocycles. The van der Waals surface area contributed by atoms with E-state index < -0.39 is 16.9 Å². The number of nitrogens with zero attached hydrogens (tertiary/aromatic N) is 2. The van der Waals surface area contributed by atoms with Crippen LogP contribution in [-0.2, 0) is 0 Å². The molecule has 0 aliphatic carbocycles. The van der Waals surface area contributed by atoms with Crippen molar-refractivity contribution in [1.29, 1.82) is 0 Å². The van der Waals surface area contributed by atoms with E-state index in [1.165, 1.54) is 18.3 Å². The summed E-state index contributed by atoms with van der Waals surface area (Å²) in [6.45, 7) is 3.73. The Bertz CT molecular complexity index is 1250. The van der Waals surface area contributed by atoms with Gasteiger partial charge in [0.25, 0.3) is 11.1 Å². The number of aldehydes is 1. The molecule has 3 aromatic rings. The zero-order chi connectivity index (χ0) is 21.3. The van der Waals surface area contributed by atoms with E-state index >= 15 is 0 Å². The topological polar surface area (TPSA) is 127 Å². The lowest BCUT2D eigenvalue weighted by Gasteiger charge is -2.13. The van der Waals surface area contributed by atoms with Crippen molar-refractivity contribution in [3.63, 3.8) is 0 Å². The minimum absolute atomic E-state index is 0.0270. The lowest BCUT2D eigenvalue weighted by atomic mass is 10.1. The van der Waals surface area contributed by atoms with Gasteiger partial charge in [-0.15, -0.1) is 0 Å². The van der Waals surface area contributed by atoms with E-state index in [9.17, 15) is 19.2 Å². The summed E-state index contributed by atoms with van der Waals surface area (Å²) in [5.41, 5.74) is -1.85. The number of carbonyl (C=O) groups excluding carboxylic acids is 1. The number of halogens is 2.